The molecule has 1 fully saturated rings. The molecule has 0 atom stereocenters. The average Bonchev–Trinajstić information content (AvgIpc) is 3.35. The number of carbonyl (C=O) groups excluding carboxylic acids is 1. The van der Waals surface area contributed by atoms with E-state index in [1.807, 2.05) is 49.5 Å². The van der Waals surface area contributed by atoms with Gasteiger partial charge in [-0.25, -0.2) is 4.98 Å². The van der Waals surface area contributed by atoms with E-state index >= 15 is 0 Å². The van der Waals surface area contributed by atoms with Crippen molar-refractivity contribution in [1.82, 2.24) is 9.88 Å². The number of aromatic nitrogens is 1. The first-order valence-corrected chi connectivity index (χ1v) is 10.1. The molecular weight excluding hydrogens is 358 g/mol. The summed E-state index contributed by atoms with van der Waals surface area (Å²) in [5.41, 5.74) is 1.78. The minimum atomic E-state index is 0.0664. The highest BCUT2D eigenvalue weighted by atomic mass is 32.1. The van der Waals surface area contributed by atoms with Gasteiger partial charge in [0.2, 0.25) is 5.91 Å². The molecule has 0 spiro atoms. The van der Waals surface area contributed by atoms with Gasteiger partial charge in [0, 0.05) is 34.8 Å². The Labute approximate surface area is 163 Å². The molecule has 3 heterocycles. The van der Waals surface area contributed by atoms with E-state index in [0.717, 1.165) is 54.5 Å². The van der Waals surface area contributed by atoms with Gasteiger partial charge in [-0.15, -0.1) is 11.3 Å². The molecule has 0 unspecified atom stereocenters. The average molecular weight is 382 g/mol. The standard InChI is InChI=1S/C21H23N3O2S/c1-15-22-13-19(27-15)14-24-9-7-16(8-10-24)21(25)23-18-5-2-4-17(12-18)20-6-3-11-26-20/h2-6,11-13,16H,7-10,14H2,1H3,(H,23,25). The van der Waals surface area contributed by atoms with E-state index in [9.17, 15) is 4.79 Å². The maximum absolute atomic E-state index is 12.7. The van der Waals surface area contributed by atoms with E-state index in [-0.39, 0.29) is 11.8 Å². The number of anilines is 1. The van der Waals surface area contributed by atoms with Crippen molar-refractivity contribution in [2.45, 2.75) is 26.3 Å². The number of rotatable bonds is 5. The number of hydrogen-bond donors (Lipinski definition) is 1. The molecule has 0 saturated carbocycles. The fourth-order valence-corrected chi connectivity index (χ4v) is 4.33. The van der Waals surface area contributed by atoms with Crippen molar-refractivity contribution in [3.63, 3.8) is 0 Å². The van der Waals surface area contributed by atoms with E-state index in [1.54, 1.807) is 17.6 Å². The fraction of sp³-hybridized carbons (Fsp3) is 0.333. The van der Waals surface area contributed by atoms with Crippen molar-refractivity contribution in [2.24, 2.45) is 5.92 Å². The highest BCUT2D eigenvalue weighted by Gasteiger charge is 2.25. The molecule has 1 aromatic carbocycles. The molecular formula is C21H23N3O2S. The van der Waals surface area contributed by atoms with Crippen LogP contribution in [0.1, 0.15) is 22.7 Å². The van der Waals surface area contributed by atoms with E-state index in [2.05, 4.69) is 15.2 Å². The van der Waals surface area contributed by atoms with Crippen LogP contribution >= 0.6 is 11.3 Å². The number of carbonyl (C=O) groups is 1. The largest absolute Gasteiger partial charge is 0.464 e. The molecule has 1 aliphatic heterocycles. The topological polar surface area (TPSA) is 58.4 Å². The summed E-state index contributed by atoms with van der Waals surface area (Å²) in [6.07, 6.45) is 5.40. The Hall–Kier alpha value is -2.44. The first-order chi connectivity index (χ1) is 13.2. The third kappa shape index (κ3) is 4.46. The van der Waals surface area contributed by atoms with Crippen LogP contribution in [0.4, 0.5) is 5.69 Å². The Balaban J connectivity index is 1.31. The van der Waals surface area contributed by atoms with Crippen LogP contribution in [0.2, 0.25) is 0 Å². The summed E-state index contributed by atoms with van der Waals surface area (Å²) in [6, 6.07) is 11.6. The Kier molecular flexibility index (Phi) is 5.36. The van der Waals surface area contributed by atoms with Gasteiger partial charge in [-0.2, -0.15) is 0 Å². The van der Waals surface area contributed by atoms with Crippen LogP contribution < -0.4 is 5.32 Å². The summed E-state index contributed by atoms with van der Waals surface area (Å²) in [6.45, 7) is 4.86. The number of nitrogens with zero attached hydrogens (tertiary/aromatic N) is 2. The lowest BCUT2D eigenvalue weighted by molar-refractivity contribution is -0.121. The van der Waals surface area contributed by atoms with Crippen LogP contribution in [-0.2, 0) is 11.3 Å². The predicted molar refractivity (Wildman–Crippen MR) is 108 cm³/mol. The molecule has 140 valence electrons. The maximum atomic E-state index is 12.7. The molecule has 1 N–H and O–H groups in total. The smallest absolute Gasteiger partial charge is 0.227 e. The number of piperidine rings is 1. The molecule has 3 aromatic rings. The van der Waals surface area contributed by atoms with Crippen molar-refractivity contribution in [3.8, 4) is 11.3 Å². The van der Waals surface area contributed by atoms with Crippen molar-refractivity contribution in [1.29, 1.82) is 0 Å². The summed E-state index contributed by atoms with van der Waals surface area (Å²) in [4.78, 5) is 20.7. The number of thiazole rings is 1. The number of hydrogen-bond acceptors (Lipinski definition) is 5. The zero-order valence-electron chi connectivity index (χ0n) is 15.4. The van der Waals surface area contributed by atoms with Gasteiger partial charge in [-0.3, -0.25) is 9.69 Å². The summed E-state index contributed by atoms with van der Waals surface area (Å²) in [5, 5.41) is 4.18. The lowest BCUT2D eigenvalue weighted by Crippen LogP contribution is -2.37. The first kappa shape index (κ1) is 17.9. The normalized spacial score (nSPS) is 15.7. The summed E-state index contributed by atoms with van der Waals surface area (Å²) in [5.74, 6) is 0.981. The van der Waals surface area contributed by atoms with Crippen molar-refractivity contribution in [2.75, 3.05) is 18.4 Å². The molecule has 5 nitrogen and oxygen atoms in total. The molecule has 0 aliphatic carbocycles. The van der Waals surface area contributed by atoms with E-state index in [4.69, 9.17) is 4.42 Å². The zero-order chi connectivity index (χ0) is 18.6. The van der Waals surface area contributed by atoms with Crippen LogP contribution in [0.5, 0.6) is 0 Å². The minimum Gasteiger partial charge on any atom is -0.464 e. The Morgan fingerprint density at radius 1 is 1.30 bits per heavy atom. The van der Waals surface area contributed by atoms with Gasteiger partial charge in [0.15, 0.2) is 0 Å². The third-order valence-corrected chi connectivity index (χ3v) is 5.84. The maximum Gasteiger partial charge on any atom is 0.227 e. The fourth-order valence-electron chi connectivity index (χ4n) is 3.49. The lowest BCUT2D eigenvalue weighted by Gasteiger charge is -2.30. The van der Waals surface area contributed by atoms with Crippen LogP contribution in [0.3, 0.4) is 0 Å². The molecule has 6 heteroatoms. The van der Waals surface area contributed by atoms with Crippen LogP contribution in [-0.4, -0.2) is 28.9 Å². The van der Waals surface area contributed by atoms with Gasteiger partial charge in [0.1, 0.15) is 5.76 Å². The number of aryl methyl sites for hydroxylation is 1. The van der Waals surface area contributed by atoms with E-state index in [1.165, 1.54) is 4.88 Å². The quantitative estimate of drug-likeness (QED) is 0.704. The molecule has 4 rings (SSSR count). The Bertz CT molecular complexity index is 896. The molecule has 0 radical (unpaired) electrons. The molecule has 27 heavy (non-hydrogen) atoms. The Morgan fingerprint density at radius 2 is 2.15 bits per heavy atom. The van der Waals surface area contributed by atoms with E-state index in [0.29, 0.717) is 0 Å². The van der Waals surface area contributed by atoms with Crippen LogP contribution in [0.25, 0.3) is 11.3 Å². The van der Waals surface area contributed by atoms with Crippen LogP contribution in [0.15, 0.2) is 53.3 Å². The Morgan fingerprint density at radius 3 is 2.85 bits per heavy atom. The van der Waals surface area contributed by atoms with Gasteiger partial charge in [-0.1, -0.05) is 12.1 Å². The predicted octanol–water partition coefficient (Wildman–Crippen LogP) is 4.56. The van der Waals surface area contributed by atoms with Crippen molar-refractivity contribution < 1.29 is 9.21 Å². The number of nitrogens with one attached hydrogen (secondary N) is 1. The van der Waals surface area contributed by atoms with Gasteiger partial charge in [0.05, 0.1) is 11.3 Å². The number of amides is 1. The first-order valence-electron chi connectivity index (χ1n) is 9.26. The number of benzene rings is 1. The highest BCUT2D eigenvalue weighted by Crippen LogP contribution is 2.25. The summed E-state index contributed by atoms with van der Waals surface area (Å²) >= 11 is 1.75. The minimum absolute atomic E-state index is 0.0664. The SMILES string of the molecule is Cc1ncc(CN2CCC(C(=O)Nc3cccc(-c4ccco4)c3)CC2)s1. The highest BCUT2D eigenvalue weighted by molar-refractivity contribution is 7.11. The number of likely N-dealkylation sites (tertiary alicyclic amines) is 1. The second kappa shape index (κ2) is 8.06. The molecule has 1 aliphatic rings. The van der Waals surface area contributed by atoms with Crippen molar-refractivity contribution in [3.05, 3.63) is 58.7 Å². The zero-order valence-corrected chi connectivity index (χ0v) is 16.2. The second-order valence-electron chi connectivity index (χ2n) is 6.94. The van der Waals surface area contributed by atoms with Gasteiger partial charge in [0.25, 0.3) is 0 Å². The second-order valence-corrected chi connectivity index (χ2v) is 8.26. The van der Waals surface area contributed by atoms with Gasteiger partial charge >= 0.3 is 0 Å². The van der Waals surface area contributed by atoms with Crippen LogP contribution in [0, 0.1) is 12.8 Å². The van der Waals surface area contributed by atoms with E-state index < -0.39 is 0 Å². The third-order valence-electron chi connectivity index (χ3n) is 4.94. The lowest BCUT2D eigenvalue weighted by atomic mass is 9.95. The van der Waals surface area contributed by atoms with Gasteiger partial charge in [-0.05, 0) is 57.1 Å². The molecule has 1 saturated heterocycles. The number of furan rings is 1. The molecule has 1 amide bonds. The molecule has 2 aromatic heterocycles. The van der Waals surface area contributed by atoms with Gasteiger partial charge < -0.3 is 9.73 Å². The monoisotopic (exact) mass is 381 g/mol. The molecule has 0 bridgehead atoms. The van der Waals surface area contributed by atoms with Crippen molar-refractivity contribution >= 4 is 22.9 Å². The summed E-state index contributed by atoms with van der Waals surface area (Å²) in [7, 11) is 0. The summed E-state index contributed by atoms with van der Waals surface area (Å²) < 4.78 is 5.44.